The van der Waals surface area contributed by atoms with Gasteiger partial charge in [-0.3, -0.25) is 4.98 Å². The van der Waals surface area contributed by atoms with E-state index in [0.717, 1.165) is 15.9 Å². The van der Waals surface area contributed by atoms with E-state index in [4.69, 9.17) is 5.73 Å². The van der Waals surface area contributed by atoms with Crippen molar-refractivity contribution < 1.29 is 0 Å². The fraction of sp³-hybridized carbons (Fsp3) is 0.100. The molecular formula is C10H10BrN5. The lowest BCUT2D eigenvalue weighted by molar-refractivity contribution is 0.924. The molecule has 0 spiro atoms. The largest absolute Gasteiger partial charge is 0.396 e. The molecule has 0 amide bonds. The zero-order valence-corrected chi connectivity index (χ0v) is 9.98. The van der Waals surface area contributed by atoms with Gasteiger partial charge in [-0.2, -0.15) is 10.2 Å². The number of nitrogen functional groups attached to an aromatic ring is 1. The molecule has 2 heterocycles. The summed E-state index contributed by atoms with van der Waals surface area (Å²) in [7, 11) is 0. The predicted molar refractivity (Wildman–Crippen MR) is 65.7 cm³/mol. The summed E-state index contributed by atoms with van der Waals surface area (Å²) >= 11 is 3.38. The minimum atomic E-state index is 0.570. The van der Waals surface area contributed by atoms with Crippen LogP contribution in [0.4, 0.5) is 11.4 Å². The van der Waals surface area contributed by atoms with Crippen molar-refractivity contribution in [1.29, 1.82) is 0 Å². The molecule has 2 aromatic heterocycles. The first-order chi connectivity index (χ1) is 7.77. The second kappa shape index (κ2) is 4.89. The van der Waals surface area contributed by atoms with Gasteiger partial charge in [-0.05, 0) is 28.1 Å². The molecule has 0 bridgehead atoms. The summed E-state index contributed by atoms with van der Waals surface area (Å²) in [6, 6.07) is 3.74. The lowest BCUT2D eigenvalue weighted by Crippen LogP contribution is -2.05. The number of halogens is 1. The summed E-state index contributed by atoms with van der Waals surface area (Å²) in [5.74, 6) is 0. The number of nitrogens with two attached hydrogens (primary N) is 1. The Bertz CT molecular complexity index is 454. The van der Waals surface area contributed by atoms with Gasteiger partial charge in [0, 0.05) is 12.4 Å². The Morgan fingerprint density at radius 2 is 2.25 bits per heavy atom. The molecule has 2 aromatic rings. The normalized spacial score (nSPS) is 10.1. The third-order valence-corrected chi connectivity index (χ3v) is 2.60. The quantitative estimate of drug-likeness (QED) is 0.897. The highest BCUT2D eigenvalue weighted by Gasteiger charge is 2.04. The van der Waals surface area contributed by atoms with Crippen LogP contribution in [0.1, 0.15) is 5.69 Å². The SMILES string of the molecule is Nc1cncc(Br)c1NCc1cccnn1. The van der Waals surface area contributed by atoms with Crippen LogP contribution in [0.15, 0.2) is 35.2 Å². The van der Waals surface area contributed by atoms with E-state index in [1.54, 1.807) is 18.6 Å². The van der Waals surface area contributed by atoms with Crippen molar-refractivity contribution in [2.45, 2.75) is 6.54 Å². The average Bonchev–Trinajstić information content (AvgIpc) is 2.30. The smallest absolute Gasteiger partial charge is 0.0821 e. The molecule has 16 heavy (non-hydrogen) atoms. The lowest BCUT2D eigenvalue weighted by atomic mass is 10.3. The van der Waals surface area contributed by atoms with Crippen LogP contribution in [0.2, 0.25) is 0 Å². The summed E-state index contributed by atoms with van der Waals surface area (Å²) < 4.78 is 0.830. The van der Waals surface area contributed by atoms with Crippen molar-refractivity contribution in [3.05, 3.63) is 40.9 Å². The number of pyridine rings is 1. The number of hydrogen-bond donors (Lipinski definition) is 2. The van der Waals surface area contributed by atoms with Crippen LogP contribution in [-0.4, -0.2) is 15.2 Å². The zero-order chi connectivity index (χ0) is 11.4. The van der Waals surface area contributed by atoms with E-state index in [0.29, 0.717) is 12.2 Å². The van der Waals surface area contributed by atoms with Gasteiger partial charge in [0.15, 0.2) is 0 Å². The first-order valence-corrected chi connectivity index (χ1v) is 5.46. The number of aromatic nitrogens is 3. The van der Waals surface area contributed by atoms with Crippen LogP contribution in [0, 0.1) is 0 Å². The third-order valence-electron chi connectivity index (χ3n) is 2.00. The van der Waals surface area contributed by atoms with Gasteiger partial charge >= 0.3 is 0 Å². The van der Waals surface area contributed by atoms with Gasteiger partial charge < -0.3 is 11.1 Å². The van der Waals surface area contributed by atoms with Gasteiger partial charge in [0.25, 0.3) is 0 Å². The van der Waals surface area contributed by atoms with Gasteiger partial charge in [-0.15, -0.1) is 0 Å². The molecule has 0 aliphatic heterocycles. The van der Waals surface area contributed by atoms with Gasteiger partial charge in [0.2, 0.25) is 0 Å². The van der Waals surface area contributed by atoms with Crippen LogP contribution < -0.4 is 11.1 Å². The molecule has 3 N–H and O–H groups in total. The Kier molecular flexibility index (Phi) is 3.31. The summed E-state index contributed by atoms with van der Waals surface area (Å²) in [5, 5.41) is 10.9. The summed E-state index contributed by atoms with van der Waals surface area (Å²) in [5.41, 5.74) is 8.06. The highest BCUT2D eigenvalue weighted by molar-refractivity contribution is 9.10. The van der Waals surface area contributed by atoms with E-state index < -0.39 is 0 Å². The van der Waals surface area contributed by atoms with Crippen molar-refractivity contribution in [2.75, 3.05) is 11.1 Å². The van der Waals surface area contributed by atoms with Crippen LogP contribution in [0.5, 0.6) is 0 Å². The summed E-state index contributed by atoms with van der Waals surface area (Å²) in [6.45, 7) is 0.570. The highest BCUT2D eigenvalue weighted by atomic mass is 79.9. The number of nitrogens with zero attached hydrogens (tertiary/aromatic N) is 3. The molecular weight excluding hydrogens is 270 g/mol. The Morgan fingerprint density at radius 3 is 2.94 bits per heavy atom. The first kappa shape index (κ1) is 10.8. The lowest BCUT2D eigenvalue weighted by Gasteiger charge is -2.09. The average molecular weight is 280 g/mol. The van der Waals surface area contributed by atoms with E-state index in [2.05, 4.69) is 36.4 Å². The standard InChI is InChI=1S/C10H10BrN5/c11-8-5-13-6-9(12)10(8)14-4-7-2-1-3-15-16-7/h1-3,5-6H,4,12H2,(H,13,14). The first-order valence-electron chi connectivity index (χ1n) is 4.67. The number of rotatable bonds is 3. The molecule has 0 saturated heterocycles. The van der Waals surface area contributed by atoms with Gasteiger partial charge in [-0.1, -0.05) is 0 Å². The maximum Gasteiger partial charge on any atom is 0.0821 e. The van der Waals surface area contributed by atoms with Gasteiger partial charge in [0.1, 0.15) is 0 Å². The van der Waals surface area contributed by atoms with Crippen LogP contribution in [0.3, 0.4) is 0 Å². The molecule has 0 saturated carbocycles. The number of anilines is 2. The van der Waals surface area contributed by atoms with Crippen molar-refractivity contribution >= 4 is 27.3 Å². The van der Waals surface area contributed by atoms with Crippen molar-refractivity contribution in [3.63, 3.8) is 0 Å². The van der Waals surface area contributed by atoms with Crippen LogP contribution in [0.25, 0.3) is 0 Å². The fourth-order valence-electron chi connectivity index (χ4n) is 1.24. The van der Waals surface area contributed by atoms with E-state index in [1.165, 1.54) is 0 Å². The molecule has 0 radical (unpaired) electrons. The molecule has 0 aromatic carbocycles. The second-order valence-electron chi connectivity index (χ2n) is 3.15. The minimum absolute atomic E-state index is 0.570. The molecule has 0 fully saturated rings. The summed E-state index contributed by atoms with van der Waals surface area (Å²) in [6.07, 6.45) is 4.93. The predicted octanol–water partition coefficient (Wildman–Crippen LogP) is 1.83. The minimum Gasteiger partial charge on any atom is -0.396 e. The third kappa shape index (κ3) is 2.46. The van der Waals surface area contributed by atoms with E-state index in [1.807, 2.05) is 12.1 Å². The highest BCUT2D eigenvalue weighted by Crippen LogP contribution is 2.27. The molecule has 0 unspecified atom stereocenters. The Hall–Kier alpha value is -1.69. The van der Waals surface area contributed by atoms with Crippen LogP contribution >= 0.6 is 15.9 Å². The molecule has 2 rings (SSSR count). The Morgan fingerprint density at radius 1 is 1.38 bits per heavy atom. The molecule has 6 heteroatoms. The molecule has 0 atom stereocenters. The molecule has 0 aliphatic rings. The fourth-order valence-corrected chi connectivity index (χ4v) is 1.73. The molecule has 5 nitrogen and oxygen atoms in total. The van der Waals surface area contributed by atoms with Crippen LogP contribution in [-0.2, 0) is 6.54 Å². The van der Waals surface area contributed by atoms with E-state index in [-0.39, 0.29) is 0 Å². The van der Waals surface area contributed by atoms with E-state index >= 15 is 0 Å². The maximum atomic E-state index is 5.79. The number of hydrogen-bond acceptors (Lipinski definition) is 5. The van der Waals surface area contributed by atoms with Crippen molar-refractivity contribution in [3.8, 4) is 0 Å². The molecule has 82 valence electrons. The molecule has 0 aliphatic carbocycles. The monoisotopic (exact) mass is 279 g/mol. The summed E-state index contributed by atoms with van der Waals surface area (Å²) in [4.78, 5) is 3.96. The number of nitrogens with one attached hydrogen (secondary N) is 1. The maximum absolute atomic E-state index is 5.79. The topological polar surface area (TPSA) is 76.7 Å². The van der Waals surface area contributed by atoms with Gasteiger partial charge in [0.05, 0.1) is 34.3 Å². The Balaban J connectivity index is 2.11. The van der Waals surface area contributed by atoms with Crippen molar-refractivity contribution in [1.82, 2.24) is 15.2 Å². The van der Waals surface area contributed by atoms with E-state index in [9.17, 15) is 0 Å². The van der Waals surface area contributed by atoms with Gasteiger partial charge in [-0.25, -0.2) is 0 Å². The Labute approximate surface area is 101 Å². The second-order valence-corrected chi connectivity index (χ2v) is 4.01. The zero-order valence-electron chi connectivity index (χ0n) is 8.39. The van der Waals surface area contributed by atoms with Crippen molar-refractivity contribution in [2.24, 2.45) is 0 Å².